The summed E-state index contributed by atoms with van der Waals surface area (Å²) in [5.74, 6) is -0.139. The van der Waals surface area contributed by atoms with Gasteiger partial charge in [-0.15, -0.1) is 0 Å². The molecule has 1 aliphatic carbocycles. The van der Waals surface area contributed by atoms with Gasteiger partial charge in [0.05, 0.1) is 12.1 Å². The van der Waals surface area contributed by atoms with E-state index in [-0.39, 0.29) is 23.7 Å². The van der Waals surface area contributed by atoms with Gasteiger partial charge >= 0.3 is 0 Å². The lowest BCUT2D eigenvalue weighted by Crippen LogP contribution is -2.56. The molecule has 1 saturated heterocycles. The quantitative estimate of drug-likeness (QED) is 0.860. The average molecular weight is 348 g/mol. The van der Waals surface area contributed by atoms with Crippen molar-refractivity contribution >= 4 is 5.91 Å². The Morgan fingerprint density at radius 3 is 2.80 bits per heavy atom. The van der Waals surface area contributed by atoms with Crippen LogP contribution in [-0.2, 0) is 4.79 Å². The summed E-state index contributed by atoms with van der Waals surface area (Å²) in [5, 5.41) is 14.1. The summed E-state index contributed by atoms with van der Waals surface area (Å²) >= 11 is 0. The van der Waals surface area contributed by atoms with Crippen LogP contribution in [0.25, 0.3) is 0 Å². The third-order valence-electron chi connectivity index (χ3n) is 5.80. The number of amides is 1. The minimum Gasteiger partial charge on any atom is -0.389 e. The molecule has 1 aromatic carbocycles. The minimum atomic E-state index is -0.659. The molecule has 3 rings (SSSR count). The van der Waals surface area contributed by atoms with Crippen molar-refractivity contribution in [3.8, 4) is 0 Å². The van der Waals surface area contributed by atoms with Gasteiger partial charge in [0.15, 0.2) is 0 Å². The third kappa shape index (κ3) is 4.04. The van der Waals surface area contributed by atoms with E-state index in [0.717, 1.165) is 37.7 Å². The molecule has 0 aromatic heterocycles. The van der Waals surface area contributed by atoms with Gasteiger partial charge < -0.3 is 10.4 Å². The van der Waals surface area contributed by atoms with Crippen molar-refractivity contribution in [2.24, 2.45) is 5.92 Å². The van der Waals surface area contributed by atoms with E-state index in [1.54, 1.807) is 12.1 Å². The van der Waals surface area contributed by atoms with Gasteiger partial charge in [0.25, 0.3) is 0 Å². The number of aliphatic hydroxyl groups is 1. The van der Waals surface area contributed by atoms with E-state index in [1.165, 1.54) is 12.1 Å². The highest BCUT2D eigenvalue weighted by molar-refractivity contribution is 5.78. The molecule has 4 nitrogen and oxygen atoms in total. The standard InChI is InChI=1S/C20H29FN2O2/c1-2-12-22-18(24)14-23-13-11-20(25)10-4-3-5-17(20)19(23)15-6-8-16(21)9-7-15/h6-9,17,19,25H,2-5,10-14H2,1H3,(H,22,24)/t17-,19+,20+/m0/s1. The summed E-state index contributed by atoms with van der Waals surface area (Å²) in [6.07, 6.45) is 5.55. The normalized spacial score (nSPS) is 29.9. The number of hydrogen-bond acceptors (Lipinski definition) is 3. The molecule has 1 aliphatic heterocycles. The average Bonchev–Trinajstić information content (AvgIpc) is 2.61. The number of halogens is 1. The van der Waals surface area contributed by atoms with E-state index >= 15 is 0 Å². The molecule has 0 radical (unpaired) electrons. The molecule has 1 heterocycles. The number of carbonyl (C=O) groups excluding carboxylic acids is 1. The van der Waals surface area contributed by atoms with Crippen molar-refractivity contribution in [3.05, 3.63) is 35.6 Å². The highest BCUT2D eigenvalue weighted by Gasteiger charge is 2.49. The van der Waals surface area contributed by atoms with Crippen molar-refractivity contribution < 1.29 is 14.3 Å². The Bertz CT molecular complexity index is 592. The fourth-order valence-corrected chi connectivity index (χ4v) is 4.53. The maximum Gasteiger partial charge on any atom is 0.234 e. The van der Waals surface area contributed by atoms with E-state index in [0.29, 0.717) is 26.1 Å². The number of benzene rings is 1. The van der Waals surface area contributed by atoms with Gasteiger partial charge in [-0.3, -0.25) is 9.69 Å². The van der Waals surface area contributed by atoms with E-state index < -0.39 is 5.60 Å². The highest BCUT2D eigenvalue weighted by atomic mass is 19.1. The smallest absolute Gasteiger partial charge is 0.234 e. The van der Waals surface area contributed by atoms with Crippen LogP contribution in [0.5, 0.6) is 0 Å². The molecule has 0 spiro atoms. The molecule has 1 aromatic rings. The van der Waals surface area contributed by atoms with Gasteiger partial charge in [0, 0.05) is 25.0 Å². The Balaban J connectivity index is 1.85. The zero-order valence-electron chi connectivity index (χ0n) is 15.0. The SMILES string of the molecule is CCCNC(=O)CN1CC[C@]2(O)CCCC[C@H]2[C@H]1c1ccc(F)cc1. The summed E-state index contributed by atoms with van der Waals surface area (Å²) in [4.78, 5) is 14.4. The number of piperidine rings is 1. The summed E-state index contributed by atoms with van der Waals surface area (Å²) in [6, 6.07) is 6.52. The second-order valence-corrected chi connectivity index (χ2v) is 7.52. The Hall–Kier alpha value is -1.46. The van der Waals surface area contributed by atoms with Crippen molar-refractivity contribution in [3.63, 3.8) is 0 Å². The second-order valence-electron chi connectivity index (χ2n) is 7.52. The lowest BCUT2D eigenvalue weighted by atomic mass is 9.66. The lowest BCUT2D eigenvalue weighted by molar-refractivity contribution is -0.137. The highest BCUT2D eigenvalue weighted by Crippen LogP contribution is 2.49. The number of hydrogen-bond donors (Lipinski definition) is 2. The zero-order valence-corrected chi connectivity index (χ0v) is 15.0. The molecule has 5 heteroatoms. The monoisotopic (exact) mass is 348 g/mol. The number of likely N-dealkylation sites (tertiary alicyclic amines) is 1. The topological polar surface area (TPSA) is 52.6 Å². The molecule has 2 aliphatic rings. The van der Waals surface area contributed by atoms with Crippen LogP contribution in [0.2, 0.25) is 0 Å². The maximum atomic E-state index is 13.4. The lowest BCUT2D eigenvalue weighted by Gasteiger charge is -2.52. The van der Waals surface area contributed by atoms with E-state index in [1.807, 2.05) is 6.92 Å². The van der Waals surface area contributed by atoms with Crippen LogP contribution in [-0.4, -0.2) is 41.1 Å². The van der Waals surface area contributed by atoms with Crippen molar-refractivity contribution in [1.29, 1.82) is 0 Å². The Kier molecular flexibility index (Phi) is 5.74. The Labute approximate surface area is 149 Å². The van der Waals surface area contributed by atoms with E-state index in [2.05, 4.69) is 10.2 Å². The molecule has 2 fully saturated rings. The fourth-order valence-electron chi connectivity index (χ4n) is 4.53. The van der Waals surface area contributed by atoms with Gasteiger partial charge in [-0.2, -0.15) is 0 Å². The van der Waals surface area contributed by atoms with Gasteiger partial charge in [-0.05, 0) is 43.4 Å². The van der Waals surface area contributed by atoms with Crippen molar-refractivity contribution in [2.75, 3.05) is 19.6 Å². The molecule has 2 N–H and O–H groups in total. The predicted octanol–water partition coefficient (Wildman–Crippen LogP) is 3.02. The first-order valence-corrected chi connectivity index (χ1v) is 9.52. The zero-order chi connectivity index (χ0) is 17.9. The maximum absolute atomic E-state index is 13.4. The number of nitrogens with one attached hydrogen (secondary N) is 1. The van der Waals surface area contributed by atoms with Gasteiger partial charge in [-0.25, -0.2) is 4.39 Å². The largest absolute Gasteiger partial charge is 0.389 e. The van der Waals surface area contributed by atoms with Crippen LogP contribution in [0.4, 0.5) is 4.39 Å². The molecule has 0 bridgehead atoms. The number of rotatable bonds is 5. The number of fused-ring (bicyclic) bond motifs is 1. The van der Waals surface area contributed by atoms with Gasteiger partial charge in [0.2, 0.25) is 5.91 Å². The molecule has 25 heavy (non-hydrogen) atoms. The van der Waals surface area contributed by atoms with E-state index in [4.69, 9.17) is 0 Å². The molecular weight excluding hydrogens is 319 g/mol. The predicted molar refractivity (Wildman–Crippen MR) is 95.5 cm³/mol. The van der Waals surface area contributed by atoms with Crippen molar-refractivity contribution in [2.45, 2.75) is 57.1 Å². The van der Waals surface area contributed by atoms with Crippen LogP contribution in [0.3, 0.4) is 0 Å². The first-order valence-electron chi connectivity index (χ1n) is 9.52. The molecule has 1 amide bonds. The third-order valence-corrected chi connectivity index (χ3v) is 5.80. The van der Waals surface area contributed by atoms with Crippen LogP contribution < -0.4 is 5.32 Å². The van der Waals surface area contributed by atoms with Crippen LogP contribution in [0, 0.1) is 11.7 Å². The Morgan fingerprint density at radius 2 is 2.08 bits per heavy atom. The summed E-state index contributed by atoms with van der Waals surface area (Å²) in [5.41, 5.74) is 0.336. The van der Waals surface area contributed by atoms with Crippen LogP contribution in [0.15, 0.2) is 24.3 Å². The Morgan fingerprint density at radius 1 is 1.32 bits per heavy atom. The summed E-state index contributed by atoms with van der Waals surface area (Å²) in [6.45, 7) is 3.73. The molecule has 0 unspecified atom stereocenters. The summed E-state index contributed by atoms with van der Waals surface area (Å²) in [7, 11) is 0. The van der Waals surface area contributed by atoms with Gasteiger partial charge in [-0.1, -0.05) is 31.9 Å². The fraction of sp³-hybridized carbons (Fsp3) is 0.650. The number of carbonyl (C=O) groups is 1. The summed E-state index contributed by atoms with van der Waals surface area (Å²) < 4.78 is 13.4. The van der Waals surface area contributed by atoms with E-state index in [9.17, 15) is 14.3 Å². The van der Waals surface area contributed by atoms with Crippen molar-refractivity contribution in [1.82, 2.24) is 10.2 Å². The molecule has 138 valence electrons. The van der Waals surface area contributed by atoms with Crippen LogP contribution >= 0.6 is 0 Å². The molecular formula is C20H29FN2O2. The number of nitrogens with zero attached hydrogens (tertiary/aromatic N) is 1. The second kappa shape index (κ2) is 7.83. The first kappa shape index (κ1) is 18.3. The first-order chi connectivity index (χ1) is 12.0. The van der Waals surface area contributed by atoms with Gasteiger partial charge in [0.1, 0.15) is 5.82 Å². The minimum absolute atomic E-state index is 0.0233. The van der Waals surface area contributed by atoms with Crippen LogP contribution in [0.1, 0.15) is 57.1 Å². The molecule has 3 atom stereocenters. The molecule has 1 saturated carbocycles.